The van der Waals surface area contributed by atoms with Gasteiger partial charge in [0.05, 0.1) is 0 Å². The maximum atomic E-state index is 6.57. The summed E-state index contributed by atoms with van der Waals surface area (Å²) in [6, 6.07) is 68.8. The normalized spacial score (nSPS) is 11.5. The lowest BCUT2D eigenvalue weighted by atomic mass is 9.95. The van der Waals surface area contributed by atoms with Crippen LogP contribution in [0, 0.1) is 0 Å². The monoisotopic (exact) mass is 664 g/mol. The Kier molecular flexibility index (Phi) is 7.14. The zero-order valence-corrected chi connectivity index (χ0v) is 28.3. The average molecular weight is 665 g/mol. The molecule has 0 aliphatic heterocycles. The van der Waals surface area contributed by atoms with Gasteiger partial charge in [0, 0.05) is 33.4 Å². The highest BCUT2D eigenvalue weighted by molar-refractivity contribution is 6.26. The van der Waals surface area contributed by atoms with Gasteiger partial charge < -0.3 is 9.32 Å². The van der Waals surface area contributed by atoms with Gasteiger partial charge in [-0.05, 0) is 98.4 Å². The van der Waals surface area contributed by atoms with Crippen molar-refractivity contribution in [3.8, 4) is 33.7 Å². The van der Waals surface area contributed by atoms with Crippen LogP contribution in [0.4, 0.5) is 17.1 Å². The van der Waals surface area contributed by atoms with E-state index < -0.39 is 0 Å². The molecule has 0 saturated heterocycles. The molecule has 1 heterocycles. The molecule has 0 radical (unpaired) electrons. The molecular formula is C49H32N2O. The predicted molar refractivity (Wildman–Crippen MR) is 218 cm³/mol. The molecule has 0 N–H and O–H groups in total. The van der Waals surface area contributed by atoms with Gasteiger partial charge in [-0.3, -0.25) is 0 Å². The smallest absolute Gasteiger partial charge is 0.227 e. The molecule has 3 nitrogen and oxygen atoms in total. The van der Waals surface area contributed by atoms with E-state index in [-0.39, 0.29) is 0 Å². The third-order valence-corrected chi connectivity index (χ3v) is 10.0. The van der Waals surface area contributed by atoms with Crippen molar-refractivity contribution < 1.29 is 4.42 Å². The van der Waals surface area contributed by atoms with Crippen molar-refractivity contribution in [1.29, 1.82) is 0 Å². The number of hydrogen-bond donors (Lipinski definition) is 0. The van der Waals surface area contributed by atoms with Crippen LogP contribution >= 0.6 is 0 Å². The van der Waals surface area contributed by atoms with Crippen LogP contribution in [0.25, 0.3) is 77.1 Å². The first-order chi connectivity index (χ1) is 25.8. The Morgan fingerprint density at radius 1 is 0.365 bits per heavy atom. The van der Waals surface area contributed by atoms with Crippen LogP contribution in [0.5, 0.6) is 0 Å². The summed E-state index contributed by atoms with van der Waals surface area (Å²) in [7, 11) is 0. The van der Waals surface area contributed by atoms with Gasteiger partial charge in [-0.25, -0.2) is 4.98 Å². The molecule has 0 atom stereocenters. The molecular weight excluding hydrogens is 633 g/mol. The number of benzene rings is 9. The zero-order valence-electron chi connectivity index (χ0n) is 28.3. The molecule has 10 aromatic rings. The largest absolute Gasteiger partial charge is 0.435 e. The average Bonchev–Trinajstić information content (AvgIpc) is 3.67. The lowest BCUT2D eigenvalue weighted by Gasteiger charge is -2.27. The fourth-order valence-corrected chi connectivity index (χ4v) is 7.51. The van der Waals surface area contributed by atoms with E-state index in [9.17, 15) is 0 Å². The van der Waals surface area contributed by atoms with E-state index in [1.54, 1.807) is 0 Å². The minimum Gasteiger partial charge on any atom is -0.435 e. The summed E-state index contributed by atoms with van der Waals surface area (Å²) in [5, 5.41) is 6.89. The molecule has 0 amide bonds. The summed E-state index contributed by atoms with van der Waals surface area (Å²) in [6.45, 7) is 0. The van der Waals surface area contributed by atoms with Crippen molar-refractivity contribution in [2.24, 2.45) is 0 Å². The topological polar surface area (TPSA) is 29.3 Å². The summed E-state index contributed by atoms with van der Waals surface area (Å²) in [4.78, 5) is 7.26. The van der Waals surface area contributed by atoms with Crippen molar-refractivity contribution >= 4 is 60.5 Å². The molecule has 0 unspecified atom stereocenters. The van der Waals surface area contributed by atoms with Gasteiger partial charge in [0.2, 0.25) is 5.89 Å². The summed E-state index contributed by atoms with van der Waals surface area (Å²) >= 11 is 0. The Hall–Kier alpha value is -6.97. The molecule has 0 saturated carbocycles. The molecule has 244 valence electrons. The van der Waals surface area contributed by atoms with Gasteiger partial charge in [-0.1, -0.05) is 140 Å². The van der Waals surface area contributed by atoms with Crippen molar-refractivity contribution in [3.63, 3.8) is 0 Å². The Balaban J connectivity index is 1.16. The maximum Gasteiger partial charge on any atom is 0.227 e. The Bertz CT molecular complexity index is 2880. The van der Waals surface area contributed by atoms with E-state index in [1.807, 2.05) is 30.3 Å². The Labute approximate surface area is 301 Å². The number of hydrogen-bond acceptors (Lipinski definition) is 3. The Morgan fingerprint density at radius 2 is 0.904 bits per heavy atom. The first-order valence-corrected chi connectivity index (χ1v) is 17.6. The van der Waals surface area contributed by atoms with E-state index in [4.69, 9.17) is 9.40 Å². The fourth-order valence-electron chi connectivity index (χ4n) is 7.51. The number of nitrogens with zero attached hydrogens (tertiary/aromatic N) is 2. The summed E-state index contributed by atoms with van der Waals surface area (Å²) in [5.74, 6) is 0.634. The van der Waals surface area contributed by atoms with Crippen LogP contribution in [-0.2, 0) is 0 Å². The second-order valence-corrected chi connectivity index (χ2v) is 13.2. The first-order valence-electron chi connectivity index (χ1n) is 17.6. The molecule has 10 rings (SSSR count). The highest BCUT2D eigenvalue weighted by Gasteiger charge is 2.18. The summed E-state index contributed by atoms with van der Waals surface area (Å²) in [5.41, 5.74) is 10.7. The third-order valence-electron chi connectivity index (χ3n) is 10.0. The third kappa shape index (κ3) is 5.19. The highest BCUT2D eigenvalue weighted by atomic mass is 16.3. The second-order valence-electron chi connectivity index (χ2n) is 13.2. The van der Waals surface area contributed by atoms with Crippen molar-refractivity contribution in [3.05, 3.63) is 194 Å². The fraction of sp³-hybridized carbons (Fsp3) is 0. The van der Waals surface area contributed by atoms with E-state index >= 15 is 0 Å². The standard InChI is InChI=1S/C49H32N2O/c1-4-11-33(12-5-1)35-23-26-41(27-24-35)51(42-18-10-17-39(31-42)34-13-6-2-7-14-34)43-28-29-44-40(32-43)22-21-36-19-20-37-25-30-45-48(47(37)46(36)44)52-49(50-45)38-15-8-3-9-16-38/h1-32H. The lowest BCUT2D eigenvalue weighted by molar-refractivity contribution is 0.623. The van der Waals surface area contributed by atoms with E-state index in [2.05, 4.69) is 169 Å². The molecule has 52 heavy (non-hydrogen) atoms. The van der Waals surface area contributed by atoms with Crippen molar-refractivity contribution in [2.75, 3.05) is 4.90 Å². The first kappa shape index (κ1) is 29.9. The van der Waals surface area contributed by atoms with Crippen LogP contribution in [0.3, 0.4) is 0 Å². The zero-order chi connectivity index (χ0) is 34.4. The van der Waals surface area contributed by atoms with E-state index in [1.165, 1.54) is 38.4 Å². The second kappa shape index (κ2) is 12.4. The molecule has 9 aromatic carbocycles. The van der Waals surface area contributed by atoms with Gasteiger partial charge in [0.25, 0.3) is 0 Å². The van der Waals surface area contributed by atoms with Gasteiger partial charge in [0.1, 0.15) is 5.52 Å². The summed E-state index contributed by atoms with van der Waals surface area (Å²) < 4.78 is 6.57. The molecule has 1 aromatic heterocycles. The summed E-state index contributed by atoms with van der Waals surface area (Å²) in [6.07, 6.45) is 0. The van der Waals surface area contributed by atoms with Crippen molar-refractivity contribution in [1.82, 2.24) is 4.98 Å². The Morgan fingerprint density at radius 3 is 1.62 bits per heavy atom. The SMILES string of the molecule is c1ccc(-c2ccc(N(c3cccc(-c4ccccc4)c3)c3ccc4c(ccc5ccc6ccc7nc(-c8ccccc8)oc7c6c54)c3)cc2)cc1. The van der Waals surface area contributed by atoms with Gasteiger partial charge in [-0.2, -0.15) is 0 Å². The number of fused-ring (bicyclic) bond motifs is 7. The molecule has 0 bridgehead atoms. The van der Waals surface area contributed by atoms with Gasteiger partial charge in [-0.15, -0.1) is 0 Å². The van der Waals surface area contributed by atoms with Crippen LogP contribution in [0.1, 0.15) is 0 Å². The van der Waals surface area contributed by atoms with Crippen molar-refractivity contribution in [2.45, 2.75) is 0 Å². The molecule has 3 heteroatoms. The lowest BCUT2D eigenvalue weighted by Crippen LogP contribution is -2.10. The number of rotatable bonds is 6. The van der Waals surface area contributed by atoms with Crippen LogP contribution < -0.4 is 4.90 Å². The molecule has 0 fully saturated rings. The molecule has 0 spiro atoms. The van der Waals surface area contributed by atoms with E-state index in [0.717, 1.165) is 49.9 Å². The quantitative estimate of drug-likeness (QED) is 0.166. The maximum absolute atomic E-state index is 6.57. The highest BCUT2D eigenvalue weighted by Crippen LogP contribution is 2.42. The number of oxazole rings is 1. The van der Waals surface area contributed by atoms with Crippen LogP contribution in [-0.4, -0.2) is 4.98 Å². The van der Waals surface area contributed by atoms with Crippen LogP contribution in [0.15, 0.2) is 199 Å². The number of aromatic nitrogens is 1. The van der Waals surface area contributed by atoms with Gasteiger partial charge >= 0.3 is 0 Å². The van der Waals surface area contributed by atoms with Gasteiger partial charge in [0.15, 0.2) is 5.58 Å². The van der Waals surface area contributed by atoms with E-state index in [0.29, 0.717) is 5.89 Å². The van der Waals surface area contributed by atoms with Crippen LogP contribution in [0.2, 0.25) is 0 Å². The predicted octanol–water partition coefficient (Wildman–Crippen LogP) is 13.8. The minimum absolute atomic E-state index is 0.634. The minimum atomic E-state index is 0.634. The number of anilines is 3. The molecule has 0 aliphatic carbocycles. The molecule has 0 aliphatic rings.